The Morgan fingerprint density at radius 1 is 1.08 bits per heavy atom. The van der Waals surface area contributed by atoms with Crippen LogP contribution in [0.25, 0.3) is 0 Å². The van der Waals surface area contributed by atoms with Gasteiger partial charge in [-0.3, -0.25) is 0 Å². The van der Waals surface area contributed by atoms with Crippen molar-refractivity contribution < 1.29 is 8.42 Å². The Morgan fingerprint density at radius 3 is 2.40 bits per heavy atom. The molecule has 130 valence electrons. The largest absolute Gasteiger partial charge is 0.368 e. The SMILES string of the molecule is Cc1ccc(C)c(S(=O)(=O)N2CCN(c3ccc(C#N)nc3)CC2)c1. The van der Waals surface area contributed by atoms with Gasteiger partial charge in [0.2, 0.25) is 10.0 Å². The van der Waals surface area contributed by atoms with E-state index < -0.39 is 10.0 Å². The summed E-state index contributed by atoms with van der Waals surface area (Å²) < 4.78 is 27.4. The topological polar surface area (TPSA) is 77.3 Å². The molecule has 0 N–H and O–H groups in total. The maximum absolute atomic E-state index is 12.9. The number of sulfonamides is 1. The van der Waals surface area contributed by atoms with Gasteiger partial charge in [-0.1, -0.05) is 12.1 Å². The van der Waals surface area contributed by atoms with Crippen molar-refractivity contribution in [1.82, 2.24) is 9.29 Å². The lowest BCUT2D eigenvalue weighted by atomic mass is 10.2. The van der Waals surface area contributed by atoms with Crippen LogP contribution >= 0.6 is 0 Å². The lowest BCUT2D eigenvalue weighted by molar-refractivity contribution is 0.384. The summed E-state index contributed by atoms with van der Waals surface area (Å²) in [5.41, 5.74) is 2.98. The predicted octanol–water partition coefficient (Wildman–Crippen LogP) is 2.08. The van der Waals surface area contributed by atoms with Crippen LogP contribution in [-0.2, 0) is 10.0 Å². The van der Waals surface area contributed by atoms with Crippen LogP contribution in [0.3, 0.4) is 0 Å². The van der Waals surface area contributed by atoms with Gasteiger partial charge in [-0.25, -0.2) is 13.4 Å². The third-order valence-electron chi connectivity index (χ3n) is 4.43. The zero-order valence-electron chi connectivity index (χ0n) is 14.3. The minimum Gasteiger partial charge on any atom is -0.368 e. The van der Waals surface area contributed by atoms with Gasteiger partial charge in [0.05, 0.1) is 16.8 Å². The molecule has 0 saturated carbocycles. The average molecular weight is 356 g/mol. The quantitative estimate of drug-likeness (QED) is 0.841. The lowest BCUT2D eigenvalue weighted by Gasteiger charge is -2.35. The number of benzene rings is 1. The van der Waals surface area contributed by atoms with E-state index in [4.69, 9.17) is 5.26 Å². The summed E-state index contributed by atoms with van der Waals surface area (Å²) in [6, 6.07) is 11.0. The fourth-order valence-electron chi connectivity index (χ4n) is 2.95. The van der Waals surface area contributed by atoms with E-state index in [1.165, 1.54) is 0 Å². The van der Waals surface area contributed by atoms with Crippen LogP contribution in [0.4, 0.5) is 5.69 Å². The number of piperazine rings is 1. The number of pyridine rings is 1. The lowest BCUT2D eigenvalue weighted by Crippen LogP contribution is -2.48. The third-order valence-corrected chi connectivity index (χ3v) is 6.47. The Bertz CT molecular complexity index is 909. The van der Waals surface area contributed by atoms with Crippen LogP contribution in [0.5, 0.6) is 0 Å². The molecule has 0 unspecified atom stereocenters. The molecule has 1 aromatic heterocycles. The van der Waals surface area contributed by atoms with E-state index in [1.54, 1.807) is 22.6 Å². The highest BCUT2D eigenvalue weighted by atomic mass is 32.2. The summed E-state index contributed by atoms with van der Waals surface area (Å²) in [5, 5.41) is 8.81. The van der Waals surface area contributed by atoms with Crippen LogP contribution in [0.15, 0.2) is 41.4 Å². The molecule has 3 rings (SSSR count). The zero-order chi connectivity index (χ0) is 18.0. The van der Waals surface area contributed by atoms with Crippen LogP contribution < -0.4 is 4.90 Å². The molecule has 0 amide bonds. The first-order valence-corrected chi connectivity index (χ1v) is 9.54. The first kappa shape index (κ1) is 17.4. The van der Waals surface area contributed by atoms with Gasteiger partial charge in [-0.15, -0.1) is 0 Å². The molecule has 1 aromatic carbocycles. The molecular formula is C18H20N4O2S. The minimum absolute atomic E-state index is 0.375. The summed E-state index contributed by atoms with van der Waals surface area (Å²) >= 11 is 0. The van der Waals surface area contributed by atoms with E-state index in [0.29, 0.717) is 36.8 Å². The van der Waals surface area contributed by atoms with Crippen molar-refractivity contribution in [1.29, 1.82) is 5.26 Å². The number of hydrogen-bond donors (Lipinski definition) is 0. The molecule has 2 aromatic rings. The Morgan fingerprint density at radius 2 is 1.80 bits per heavy atom. The molecule has 25 heavy (non-hydrogen) atoms. The molecule has 0 spiro atoms. The van der Waals surface area contributed by atoms with Gasteiger partial charge in [-0.2, -0.15) is 9.57 Å². The van der Waals surface area contributed by atoms with Gasteiger partial charge < -0.3 is 4.90 Å². The van der Waals surface area contributed by atoms with E-state index in [0.717, 1.165) is 16.8 Å². The summed E-state index contributed by atoms with van der Waals surface area (Å²) in [5.74, 6) is 0. The highest BCUT2D eigenvalue weighted by Crippen LogP contribution is 2.24. The Kier molecular flexibility index (Phi) is 4.75. The molecule has 1 saturated heterocycles. The highest BCUT2D eigenvalue weighted by Gasteiger charge is 2.29. The summed E-state index contributed by atoms with van der Waals surface area (Å²) in [6.45, 7) is 5.76. The van der Waals surface area contributed by atoms with Crippen molar-refractivity contribution >= 4 is 15.7 Å². The number of nitriles is 1. The predicted molar refractivity (Wildman–Crippen MR) is 95.8 cm³/mol. The van der Waals surface area contributed by atoms with E-state index in [9.17, 15) is 8.42 Å². The van der Waals surface area contributed by atoms with Crippen molar-refractivity contribution in [3.05, 3.63) is 53.3 Å². The Labute approximate surface area is 148 Å². The summed E-state index contributed by atoms with van der Waals surface area (Å²) in [6.07, 6.45) is 1.66. The first-order valence-electron chi connectivity index (χ1n) is 8.10. The molecule has 7 heteroatoms. The fourth-order valence-corrected chi connectivity index (χ4v) is 4.68. The maximum Gasteiger partial charge on any atom is 0.243 e. The van der Waals surface area contributed by atoms with Crippen LogP contribution in [0.1, 0.15) is 16.8 Å². The van der Waals surface area contributed by atoms with Crippen LogP contribution in [0, 0.1) is 25.2 Å². The number of aryl methyl sites for hydroxylation is 2. The van der Waals surface area contributed by atoms with Crippen molar-refractivity contribution in [2.75, 3.05) is 31.1 Å². The van der Waals surface area contributed by atoms with Crippen LogP contribution in [-0.4, -0.2) is 43.9 Å². The highest BCUT2D eigenvalue weighted by molar-refractivity contribution is 7.89. The number of nitrogens with zero attached hydrogens (tertiary/aromatic N) is 4. The number of rotatable bonds is 3. The Balaban J connectivity index is 1.75. The van der Waals surface area contributed by atoms with Gasteiger partial charge in [0, 0.05) is 26.2 Å². The normalized spacial score (nSPS) is 15.8. The standard InChI is InChI=1S/C18H20N4O2S/c1-14-3-4-15(2)18(11-14)25(23,24)22-9-7-21(8-10-22)17-6-5-16(12-19)20-13-17/h3-6,11,13H,7-10H2,1-2H3. The van der Waals surface area contributed by atoms with Crippen molar-refractivity contribution in [2.24, 2.45) is 0 Å². The summed E-state index contributed by atoms with van der Waals surface area (Å²) in [4.78, 5) is 6.55. The summed E-state index contributed by atoms with van der Waals surface area (Å²) in [7, 11) is -3.48. The molecule has 0 aliphatic carbocycles. The third kappa shape index (κ3) is 3.50. The van der Waals surface area contributed by atoms with Crippen LogP contribution in [0.2, 0.25) is 0 Å². The zero-order valence-corrected chi connectivity index (χ0v) is 15.1. The second-order valence-corrected chi connectivity index (χ2v) is 8.08. The van der Waals surface area contributed by atoms with Crippen molar-refractivity contribution in [3.8, 4) is 6.07 Å². The second kappa shape index (κ2) is 6.82. The van der Waals surface area contributed by atoms with E-state index in [1.807, 2.05) is 38.1 Å². The smallest absolute Gasteiger partial charge is 0.243 e. The maximum atomic E-state index is 12.9. The Hall–Kier alpha value is -2.43. The molecule has 0 radical (unpaired) electrons. The molecule has 2 heterocycles. The molecular weight excluding hydrogens is 336 g/mol. The van der Waals surface area contributed by atoms with Crippen molar-refractivity contribution in [3.63, 3.8) is 0 Å². The fraction of sp³-hybridized carbons (Fsp3) is 0.333. The van der Waals surface area contributed by atoms with Gasteiger partial charge >= 0.3 is 0 Å². The average Bonchev–Trinajstić information content (AvgIpc) is 2.64. The van der Waals surface area contributed by atoms with Gasteiger partial charge in [-0.05, 0) is 43.2 Å². The van der Waals surface area contributed by atoms with Gasteiger partial charge in [0.1, 0.15) is 11.8 Å². The minimum atomic E-state index is -3.48. The number of aromatic nitrogens is 1. The van der Waals surface area contributed by atoms with Gasteiger partial charge in [0.15, 0.2) is 0 Å². The second-order valence-electron chi connectivity index (χ2n) is 6.17. The van der Waals surface area contributed by atoms with E-state index in [-0.39, 0.29) is 0 Å². The molecule has 1 fully saturated rings. The molecule has 6 nitrogen and oxygen atoms in total. The number of hydrogen-bond acceptors (Lipinski definition) is 5. The van der Waals surface area contributed by atoms with Crippen molar-refractivity contribution in [2.45, 2.75) is 18.7 Å². The van der Waals surface area contributed by atoms with Gasteiger partial charge in [0.25, 0.3) is 0 Å². The molecule has 0 atom stereocenters. The molecule has 0 bridgehead atoms. The number of anilines is 1. The van der Waals surface area contributed by atoms with E-state index >= 15 is 0 Å². The molecule has 1 aliphatic heterocycles. The molecule has 1 aliphatic rings. The monoisotopic (exact) mass is 356 g/mol. The van der Waals surface area contributed by atoms with E-state index in [2.05, 4.69) is 9.88 Å². The first-order chi connectivity index (χ1) is 11.9.